The fourth-order valence-electron chi connectivity index (χ4n) is 1.47. The number of aliphatic carboxylic acids is 1. The molecule has 110 valence electrons. The molecule has 0 aliphatic rings. The number of halogens is 1. The van der Waals surface area contributed by atoms with Gasteiger partial charge in [-0.3, -0.25) is 4.79 Å². The number of aliphatic hydroxyl groups is 1. The van der Waals surface area contributed by atoms with Crippen molar-refractivity contribution in [1.82, 2.24) is 5.32 Å². The SMILES string of the molecule is O=C(CCSc1ccccc1F)NC(CCO)C(=O)O. The lowest BCUT2D eigenvalue weighted by atomic mass is 10.2. The van der Waals surface area contributed by atoms with Crippen molar-refractivity contribution in [1.29, 1.82) is 0 Å². The first kappa shape index (κ1) is 16.5. The number of carboxylic acids is 1. The van der Waals surface area contributed by atoms with Crippen molar-refractivity contribution in [2.24, 2.45) is 0 Å². The van der Waals surface area contributed by atoms with Crippen LogP contribution in [-0.4, -0.2) is 40.5 Å². The standard InChI is InChI=1S/C13H16FNO4S/c14-9-3-1-2-4-11(9)20-8-6-12(17)15-10(5-7-16)13(18)19/h1-4,10,16H,5-8H2,(H,15,17)(H,18,19). The molecule has 0 radical (unpaired) electrons. The molecule has 5 nitrogen and oxygen atoms in total. The number of hydrogen-bond acceptors (Lipinski definition) is 4. The van der Waals surface area contributed by atoms with Crippen LogP contribution in [0.15, 0.2) is 29.2 Å². The highest BCUT2D eigenvalue weighted by Gasteiger charge is 2.18. The summed E-state index contributed by atoms with van der Waals surface area (Å²) in [6.45, 7) is -0.318. The summed E-state index contributed by atoms with van der Waals surface area (Å²) in [6.07, 6.45) is 0.0374. The van der Waals surface area contributed by atoms with Crippen molar-refractivity contribution in [2.45, 2.75) is 23.8 Å². The van der Waals surface area contributed by atoms with Gasteiger partial charge >= 0.3 is 5.97 Å². The van der Waals surface area contributed by atoms with E-state index in [9.17, 15) is 14.0 Å². The number of aliphatic hydroxyl groups excluding tert-OH is 1. The van der Waals surface area contributed by atoms with Crippen molar-refractivity contribution >= 4 is 23.6 Å². The molecule has 1 aromatic carbocycles. The minimum absolute atomic E-state index is 0.0401. The minimum Gasteiger partial charge on any atom is -0.480 e. The van der Waals surface area contributed by atoms with Crippen molar-refractivity contribution < 1.29 is 24.2 Å². The Kier molecular flexibility index (Phi) is 7.03. The summed E-state index contributed by atoms with van der Waals surface area (Å²) in [5, 5.41) is 19.8. The third-order valence-corrected chi connectivity index (χ3v) is 3.52. The van der Waals surface area contributed by atoms with E-state index in [2.05, 4.69) is 5.32 Å². The molecule has 3 N–H and O–H groups in total. The molecule has 0 aliphatic carbocycles. The summed E-state index contributed by atoms with van der Waals surface area (Å²) in [5.41, 5.74) is 0. The van der Waals surface area contributed by atoms with E-state index in [-0.39, 0.29) is 25.3 Å². The van der Waals surface area contributed by atoms with Gasteiger partial charge in [0, 0.05) is 30.1 Å². The maximum Gasteiger partial charge on any atom is 0.326 e. The van der Waals surface area contributed by atoms with E-state index < -0.39 is 17.9 Å². The summed E-state index contributed by atoms with van der Waals surface area (Å²) in [4.78, 5) is 22.8. The van der Waals surface area contributed by atoms with Crippen LogP contribution in [0.3, 0.4) is 0 Å². The number of thioether (sulfide) groups is 1. The maximum atomic E-state index is 13.3. The molecule has 0 bridgehead atoms. The Hall–Kier alpha value is -1.60. The monoisotopic (exact) mass is 301 g/mol. The Morgan fingerprint density at radius 3 is 2.65 bits per heavy atom. The van der Waals surface area contributed by atoms with Crippen molar-refractivity contribution in [3.05, 3.63) is 30.1 Å². The smallest absolute Gasteiger partial charge is 0.326 e. The van der Waals surface area contributed by atoms with E-state index in [0.29, 0.717) is 10.6 Å². The lowest BCUT2D eigenvalue weighted by Crippen LogP contribution is -2.41. The first-order chi connectivity index (χ1) is 9.54. The number of hydrogen-bond donors (Lipinski definition) is 3. The van der Waals surface area contributed by atoms with Gasteiger partial charge in [-0.25, -0.2) is 9.18 Å². The number of rotatable bonds is 8. The third-order valence-electron chi connectivity index (χ3n) is 2.47. The van der Waals surface area contributed by atoms with Gasteiger partial charge in [-0.1, -0.05) is 12.1 Å². The molecular formula is C13H16FNO4S. The first-order valence-electron chi connectivity index (χ1n) is 6.05. The molecule has 0 heterocycles. The quantitative estimate of drug-likeness (QED) is 0.629. The Morgan fingerprint density at radius 1 is 1.35 bits per heavy atom. The molecule has 0 saturated carbocycles. The zero-order valence-electron chi connectivity index (χ0n) is 10.7. The van der Waals surface area contributed by atoms with E-state index in [1.807, 2.05) is 0 Å². The van der Waals surface area contributed by atoms with Crippen LogP contribution in [0.4, 0.5) is 4.39 Å². The summed E-state index contributed by atoms with van der Waals surface area (Å²) in [7, 11) is 0. The second kappa shape index (κ2) is 8.55. The molecule has 1 amide bonds. The van der Waals surface area contributed by atoms with Gasteiger partial charge in [0.2, 0.25) is 5.91 Å². The summed E-state index contributed by atoms with van der Waals surface area (Å²) < 4.78 is 13.3. The average Bonchev–Trinajstić information content (AvgIpc) is 2.40. The number of carboxylic acid groups (broad SMARTS) is 1. The van der Waals surface area contributed by atoms with Crippen LogP contribution in [0, 0.1) is 5.82 Å². The zero-order valence-corrected chi connectivity index (χ0v) is 11.5. The fraction of sp³-hybridized carbons (Fsp3) is 0.385. The molecule has 20 heavy (non-hydrogen) atoms. The molecular weight excluding hydrogens is 285 g/mol. The first-order valence-corrected chi connectivity index (χ1v) is 7.03. The van der Waals surface area contributed by atoms with Crippen molar-refractivity contribution in [3.8, 4) is 0 Å². The predicted molar refractivity (Wildman–Crippen MR) is 73.0 cm³/mol. The second-order valence-electron chi connectivity index (χ2n) is 4.00. The van der Waals surface area contributed by atoms with Gasteiger partial charge in [-0.15, -0.1) is 11.8 Å². The van der Waals surface area contributed by atoms with E-state index in [1.54, 1.807) is 18.2 Å². The molecule has 0 aromatic heterocycles. The number of amides is 1. The zero-order chi connectivity index (χ0) is 15.0. The number of nitrogens with one attached hydrogen (secondary N) is 1. The highest BCUT2D eigenvalue weighted by molar-refractivity contribution is 7.99. The fourth-order valence-corrected chi connectivity index (χ4v) is 2.36. The van der Waals surface area contributed by atoms with E-state index >= 15 is 0 Å². The number of carbonyl (C=O) groups is 2. The summed E-state index contributed by atoms with van der Waals surface area (Å²) in [6, 6.07) is 5.14. The topological polar surface area (TPSA) is 86.6 Å². The lowest BCUT2D eigenvalue weighted by molar-refractivity contribution is -0.142. The number of carbonyl (C=O) groups excluding carboxylic acids is 1. The van der Waals surface area contributed by atoms with Gasteiger partial charge < -0.3 is 15.5 Å². The Morgan fingerprint density at radius 2 is 2.05 bits per heavy atom. The Balaban J connectivity index is 2.36. The van der Waals surface area contributed by atoms with Gasteiger partial charge in [0.05, 0.1) is 0 Å². The highest BCUT2D eigenvalue weighted by Crippen LogP contribution is 2.21. The Bertz CT molecular complexity index is 469. The van der Waals surface area contributed by atoms with Crippen LogP contribution in [0.1, 0.15) is 12.8 Å². The molecule has 0 aliphatic heterocycles. The van der Waals surface area contributed by atoms with Crippen LogP contribution in [0.25, 0.3) is 0 Å². The number of benzene rings is 1. The largest absolute Gasteiger partial charge is 0.480 e. The Labute approximate surface area is 120 Å². The second-order valence-corrected chi connectivity index (χ2v) is 5.14. The molecule has 1 atom stereocenters. The van der Waals surface area contributed by atoms with Gasteiger partial charge in [0.1, 0.15) is 11.9 Å². The van der Waals surface area contributed by atoms with Crippen molar-refractivity contribution in [2.75, 3.05) is 12.4 Å². The summed E-state index contributed by atoms with van der Waals surface area (Å²) >= 11 is 1.19. The van der Waals surface area contributed by atoms with E-state index in [4.69, 9.17) is 10.2 Å². The normalized spacial score (nSPS) is 11.9. The van der Waals surface area contributed by atoms with Crippen LogP contribution in [0.5, 0.6) is 0 Å². The molecule has 0 saturated heterocycles. The minimum atomic E-state index is -1.19. The molecule has 1 aromatic rings. The average molecular weight is 301 g/mol. The molecule has 1 unspecified atom stereocenters. The molecule has 0 fully saturated rings. The maximum absolute atomic E-state index is 13.3. The third kappa shape index (κ3) is 5.58. The van der Waals surface area contributed by atoms with Crippen LogP contribution < -0.4 is 5.32 Å². The highest BCUT2D eigenvalue weighted by atomic mass is 32.2. The van der Waals surface area contributed by atoms with Gasteiger partial charge in [-0.05, 0) is 12.1 Å². The molecule has 7 heteroatoms. The van der Waals surface area contributed by atoms with E-state index in [0.717, 1.165) is 0 Å². The van der Waals surface area contributed by atoms with Gasteiger partial charge in [0.25, 0.3) is 0 Å². The van der Waals surface area contributed by atoms with Crippen LogP contribution in [0.2, 0.25) is 0 Å². The summed E-state index contributed by atoms with van der Waals surface area (Å²) in [5.74, 6) is -1.62. The van der Waals surface area contributed by atoms with Gasteiger partial charge in [-0.2, -0.15) is 0 Å². The van der Waals surface area contributed by atoms with E-state index in [1.165, 1.54) is 17.8 Å². The van der Waals surface area contributed by atoms with Crippen LogP contribution >= 0.6 is 11.8 Å². The predicted octanol–water partition coefficient (Wildman–Crippen LogP) is 1.26. The molecule has 0 spiro atoms. The van der Waals surface area contributed by atoms with Crippen LogP contribution in [-0.2, 0) is 9.59 Å². The van der Waals surface area contributed by atoms with Crippen molar-refractivity contribution in [3.63, 3.8) is 0 Å². The lowest BCUT2D eigenvalue weighted by Gasteiger charge is -2.13. The van der Waals surface area contributed by atoms with Gasteiger partial charge in [0.15, 0.2) is 0 Å². The molecule has 1 rings (SSSR count).